The van der Waals surface area contributed by atoms with Crippen LogP contribution in [0.5, 0.6) is 5.75 Å². The lowest BCUT2D eigenvalue weighted by atomic mass is 9.66. The number of anilines is 2. The Morgan fingerprint density at radius 3 is 2.47 bits per heavy atom. The quantitative estimate of drug-likeness (QED) is 0.719. The van der Waals surface area contributed by atoms with Crippen LogP contribution in [-0.2, 0) is 4.74 Å². The van der Waals surface area contributed by atoms with E-state index in [1.165, 1.54) is 18.2 Å². The van der Waals surface area contributed by atoms with Crippen molar-refractivity contribution in [2.24, 2.45) is 0 Å². The molecule has 2 heterocycles. The molecule has 6 nitrogen and oxygen atoms in total. The highest BCUT2D eigenvalue weighted by Crippen LogP contribution is 2.52. The van der Waals surface area contributed by atoms with Gasteiger partial charge in [0.2, 0.25) is 0 Å². The number of hydrogen-bond donors (Lipinski definition) is 1. The largest absolute Gasteiger partial charge is 0.573 e. The monoisotopic (exact) mass is 447 g/mol. The van der Waals surface area contributed by atoms with Crippen LogP contribution >= 0.6 is 0 Å². The Hall–Kier alpha value is -2.81. The Kier molecular flexibility index (Phi) is 5.44. The molecule has 0 unspecified atom stereocenters. The molecule has 0 spiro atoms. The van der Waals surface area contributed by atoms with Gasteiger partial charge in [-0.1, -0.05) is 6.07 Å². The Balaban J connectivity index is 1.49. The summed E-state index contributed by atoms with van der Waals surface area (Å²) >= 11 is 0. The summed E-state index contributed by atoms with van der Waals surface area (Å²) in [6, 6.07) is 5.73. The van der Waals surface area contributed by atoms with E-state index in [0.717, 1.165) is 36.8 Å². The average molecular weight is 447 g/mol. The Labute approximate surface area is 183 Å². The minimum atomic E-state index is -4.75. The number of morpholine rings is 1. The van der Waals surface area contributed by atoms with Crippen LogP contribution < -0.4 is 10.1 Å². The van der Waals surface area contributed by atoms with E-state index in [0.29, 0.717) is 49.3 Å². The number of hydrogen-bond acceptors (Lipinski definition) is 5. The zero-order chi connectivity index (χ0) is 22.3. The number of carbonyl (C=O) groups excluding carboxylic acids is 1. The van der Waals surface area contributed by atoms with E-state index in [1.54, 1.807) is 12.3 Å². The summed E-state index contributed by atoms with van der Waals surface area (Å²) in [5, 5.41) is 3.19. The van der Waals surface area contributed by atoms with E-state index in [4.69, 9.17) is 4.74 Å². The number of fused-ring (bicyclic) bond motifs is 2. The van der Waals surface area contributed by atoms with Crippen molar-refractivity contribution >= 4 is 17.4 Å². The SMILES string of the molecule is O=C(c1cnc(Nc2cccc(OC(F)(F)F)c2)c2c1C1CCC2CC1)N1CCOCC1. The number of carbonyl (C=O) groups is 1. The Bertz CT molecular complexity index is 1010. The third-order valence-electron chi connectivity index (χ3n) is 6.56. The lowest BCUT2D eigenvalue weighted by Gasteiger charge is -2.40. The second kappa shape index (κ2) is 8.27. The zero-order valence-corrected chi connectivity index (χ0v) is 17.5. The van der Waals surface area contributed by atoms with Crippen molar-refractivity contribution in [1.29, 1.82) is 0 Å². The smallest absolute Gasteiger partial charge is 0.406 e. The molecular formula is C23H24F3N3O3. The molecule has 2 aromatic rings. The van der Waals surface area contributed by atoms with Crippen molar-refractivity contribution in [2.45, 2.75) is 43.9 Å². The third-order valence-corrected chi connectivity index (χ3v) is 6.56. The van der Waals surface area contributed by atoms with Gasteiger partial charge in [-0.05, 0) is 55.2 Å². The predicted molar refractivity (Wildman–Crippen MR) is 111 cm³/mol. The number of alkyl halides is 3. The molecule has 1 amide bonds. The van der Waals surface area contributed by atoms with Crippen molar-refractivity contribution in [3.8, 4) is 5.75 Å². The molecule has 1 N–H and O–H groups in total. The summed E-state index contributed by atoms with van der Waals surface area (Å²) < 4.78 is 47.2. The van der Waals surface area contributed by atoms with E-state index in [2.05, 4.69) is 15.0 Å². The highest BCUT2D eigenvalue weighted by atomic mass is 19.4. The fourth-order valence-electron chi connectivity index (χ4n) is 5.18. The minimum Gasteiger partial charge on any atom is -0.406 e. The molecule has 32 heavy (non-hydrogen) atoms. The number of ether oxygens (including phenoxy) is 2. The van der Waals surface area contributed by atoms with Crippen LogP contribution in [0.3, 0.4) is 0 Å². The molecule has 3 aliphatic carbocycles. The summed E-state index contributed by atoms with van der Waals surface area (Å²) in [6.45, 7) is 2.19. The Morgan fingerprint density at radius 1 is 1.09 bits per heavy atom. The molecule has 6 rings (SSSR count). The molecule has 2 bridgehead atoms. The van der Waals surface area contributed by atoms with Gasteiger partial charge < -0.3 is 19.7 Å². The van der Waals surface area contributed by atoms with E-state index < -0.39 is 6.36 Å². The number of aromatic nitrogens is 1. The van der Waals surface area contributed by atoms with Crippen molar-refractivity contribution in [2.75, 3.05) is 31.6 Å². The van der Waals surface area contributed by atoms with Gasteiger partial charge in [-0.2, -0.15) is 0 Å². The molecule has 2 fully saturated rings. The summed E-state index contributed by atoms with van der Waals surface area (Å²) in [6.07, 6.45) is 1.01. The first-order valence-electron chi connectivity index (χ1n) is 10.9. The van der Waals surface area contributed by atoms with Crippen LogP contribution in [-0.4, -0.2) is 48.5 Å². The molecule has 1 saturated carbocycles. The number of amides is 1. The first kappa shape index (κ1) is 21.1. The van der Waals surface area contributed by atoms with Gasteiger partial charge in [-0.3, -0.25) is 4.79 Å². The molecule has 1 aromatic carbocycles. The first-order valence-corrected chi connectivity index (χ1v) is 10.9. The van der Waals surface area contributed by atoms with E-state index in [-0.39, 0.29) is 17.6 Å². The van der Waals surface area contributed by atoms with Gasteiger partial charge >= 0.3 is 6.36 Å². The zero-order valence-electron chi connectivity index (χ0n) is 17.5. The molecule has 170 valence electrons. The van der Waals surface area contributed by atoms with Crippen LogP contribution in [0.1, 0.15) is 59.0 Å². The van der Waals surface area contributed by atoms with Gasteiger partial charge in [0.05, 0.1) is 18.8 Å². The highest BCUT2D eigenvalue weighted by Gasteiger charge is 2.39. The Morgan fingerprint density at radius 2 is 1.78 bits per heavy atom. The number of halogens is 3. The summed E-state index contributed by atoms with van der Waals surface area (Å²) in [5.74, 6) is 0.890. The van der Waals surface area contributed by atoms with E-state index in [1.807, 2.05) is 4.90 Å². The molecule has 0 radical (unpaired) electrons. The molecule has 9 heteroatoms. The molecule has 1 aliphatic heterocycles. The van der Waals surface area contributed by atoms with Crippen LogP contribution in [0.15, 0.2) is 30.5 Å². The molecule has 1 aromatic heterocycles. The second-order valence-corrected chi connectivity index (χ2v) is 8.50. The molecule has 1 saturated heterocycles. The van der Waals surface area contributed by atoms with Crippen LogP contribution in [0.25, 0.3) is 0 Å². The molecule has 0 atom stereocenters. The predicted octanol–water partition coefficient (Wildman–Crippen LogP) is 4.95. The summed E-state index contributed by atoms with van der Waals surface area (Å²) in [7, 11) is 0. The fourth-order valence-corrected chi connectivity index (χ4v) is 5.18. The first-order chi connectivity index (χ1) is 15.4. The van der Waals surface area contributed by atoms with Crippen LogP contribution in [0.2, 0.25) is 0 Å². The number of benzene rings is 1. The van der Waals surface area contributed by atoms with Crippen molar-refractivity contribution in [1.82, 2.24) is 9.88 Å². The van der Waals surface area contributed by atoms with Gasteiger partial charge in [-0.15, -0.1) is 13.2 Å². The number of nitrogens with one attached hydrogen (secondary N) is 1. The lowest BCUT2D eigenvalue weighted by molar-refractivity contribution is -0.274. The fraction of sp³-hybridized carbons (Fsp3) is 0.478. The maximum atomic E-state index is 13.3. The maximum absolute atomic E-state index is 13.3. The standard InChI is InChI=1S/C23H24F3N3O3/c24-23(25,26)32-17-3-1-2-16(12-17)28-21-20-15-6-4-14(5-7-15)19(20)18(13-27-21)22(30)29-8-10-31-11-9-29/h1-3,12-15H,4-11H2,(H,27,28). The highest BCUT2D eigenvalue weighted by molar-refractivity contribution is 5.97. The normalized spacial score (nSPS) is 22.4. The van der Waals surface area contributed by atoms with Crippen molar-refractivity contribution < 1.29 is 27.4 Å². The topological polar surface area (TPSA) is 63.7 Å². The van der Waals surface area contributed by atoms with Gasteiger partial charge in [-0.25, -0.2) is 4.98 Å². The number of pyridine rings is 1. The summed E-state index contributed by atoms with van der Waals surface area (Å²) in [4.78, 5) is 19.7. The second-order valence-electron chi connectivity index (χ2n) is 8.50. The van der Waals surface area contributed by atoms with Gasteiger partial charge in [0.1, 0.15) is 11.6 Å². The van der Waals surface area contributed by atoms with E-state index >= 15 is 0 Å². The summed E-state index contributed by atoms with van der Waals surface area (Å²) in [5.41, 5.74) is 3.20. The average Bonchev–Trinajstić information content (AvgIpc) is 2.79. The van der Waals surface area contributed by atoms with Gasteiger partial charge in [0.25, 0.3) is 5.91 Å². The van der Waals surface area contributed by atoms with Crippen molar-refractivity contribution in [3.05, 3.63) is 47.2 Å². The number of nitrogens with zero attached hydrogens (tertiary/aromatic N) is 2. The van der Waals surface area contributed by atoms with Crippen molar-refractivity contribution in [3.63, 3.8) is 0 Å². The molecule has 4 aliphatic rings. The maximum Gasteiger partial charge on any atom is 0.573 e. The van der Waals surface area contributed by atoms with Crippen LogP contribution in [0, 0.1) is 0 Å². The molecular weight excluding hydrogens is 423 g/mol. The van der Waals surface area contributed by atoms with Gasteiger partial charge in [0, 0.05) is 36.6 Å². The minimum absolute atomic E-state index is 0.0169. The number of rotatable bonds is 4. The van der Waals surface area contributed by atoms with E-state index in [9.17, 15) is 18.0 Å². The third kappa shape index (κ3) is 4.13. The lowest BCUT2D eigenvalue weighted by Crippen LogP contribution is -2.41. The van der Waals surface area contributed by atoms with Gasteiger partial charge in [0.15, 0.2) is 0 Å². The van der Waals surface area contributed by atoms with Crippen LogP contribution in [0.4, 0.5) is 24.7 Å².